The summed E-state index contributed by atoms with van der Waals surface area (Å²) < 4.78 is 5.66. The maximum absolute atomic E-state index is 12.4. The normalized spacial score (nSPS) is 16.0. The van der Waals surface area contributed by atoms with Crippen LogP contribution in [0.4, 0.5) is 5.69 Å². The second-order valence-corrected chi connectivity index (χ2v) is 6.69. The number of hydrogen-bond donors (Lipinski definition) is 1. The number of carbonyl (C=O) groups is 2. The number of rotatable bonds is 5. The molecule has 0 aliphatic carbocycles. The summed E-state index contributed by atoms with van der Waals surface area (Å²) in [7, 11) is 0. The van der Waals surface area contributed by atoms with Crippen LogP contribution in [0.5, 0.6) is 0 Å². The highest BCUT2D eigenvalue weighted by atomic mass is 32.2. The summed E-state index contributed by atoms with van der Waals surface area (Å²) in [5.74, 6) is 0.233. The van der Waals surface area contributed by atoms with Crippen LogP contribution in [0.2, 0.25) is 0 Å². The van der Waals surface area contributed by atoms with Crippen molar-refractivity contribution in [2.75, 3.05) is 11.9 Å². The van der Waals surface area contributed by atoms with Crippen molar-refractivity contribution in [2.24, 2.45) is 0 Å². The number of para-hydroxylation sites is 1. The van der Waals surface area contributed by atoms with Crippen molar-refractivity contribution in [3.8, 4) is 0 Å². The Morgan fingerprint density at radius 2 is 2.04 bits per heavy atom. The van der Waals surface area contributed by atoms with Gasteiger partial charge in [0.15, 0.2) is 0 Å². The molecule has 0 spiro atoms. The van der Waals surface area contributed by atoms with Crippen LogP contribution in [0, 0.1) is 0 Å². The van der Waals surface area contributed by atoms with Crippen LogP contribution in [0.3, 0.4) is 0 Å². The van der Waals surface area contributed by atoms with Crippen molar-refractivity contribution in [2.45, 2.75) is 6.42 Å². The number of nitrogens with zero attached hydrogens (tertiary/aromatic N) is 1. The lowest BCUT2D eigenvalue weighted by Gasteiger charge is -2.14. The van der Waals surface area contributed by atoms with Gasteiger partial charge in [0.1, 0.15) is 10.1 Å². The molecule has 1 saturated heterocycles. The van der Waals surface area contributed by atoms with Crippen LogP contribution in [0.1, 0.15) is 12.2 Å². The molecule has 2 amide bonds. The van der Waals surface area contributed by atoms with E-state index in [1.54, 1.807) is 24.5 Å². The fraction of sp³-hybridized carbons (Fsp3) is 0.118. The minimum Gasteiger partial charge on any atom is -0.465 e. The molecule has 1 N–H and O–H groups in total. The van der Waals surface area contributed by atoms with E-state index in [-0.39, 0.29) is 24.8 Å². The summed E-state index contributed by atoms with van der Waals surface area (Å²) in [6, 6.07) is 12.7. The largest absolute Gasteiger partial charge is 0.465 e. The Labute approximate surface area is 148 Å². The molecule has 0 radical (unpaired) electrons. The second kappa shape index (κ2) is 7.46. The molecule has 0 atom stereocenters. The minimum absolute atomic E-state index is 0.162. The fourth-order valence-corrected chi connectivity index (χ4v) is 3.44. The Kier molecular flexibility index (Phi) is 5.12. The molecule has 0 saturated carbocycles. The number of carbonyl (C=O) groups excluding carboxylic acids is 2. The Hall–Kier alpha value is -2.38. The summed E-state index contributed by atoms with van der Waals surface area (Å²) in [5.41, 5.74) is 0.727. The van der Waals surface area contributed by atoms with Crippen LogP contribution in [-0.4, -0.2) is 27.6 Å². The number of thioether (sulfide) groups is 1. The van der Waals surface area contributed by atoms with E-state index < -0.39 is 0 Å². The van der Waals surface area contributed by atoms with Gasteiger partial charge < -0.3 is 9.73 Å². The molecule has 24 heavy (non-hydrogen) atoms. The van der Waals surface area contributed by atoms with Crippen molar-refractivity contribution in [3.05, 3.63) is 59.4 Å². The van der Waals surface area contributed by atoms with Crippen molar-refractivity contribution >= 4 is 51.9 Å². The quantitative estimate of drug-likeness (QED) is 0.655. The van der Waals surface area contributed by atoms with E-state index in [4.69, 9.17) is 16.6 Å². The van der Waals surface area contributed by atoms with Gasteiger partial charge in [-0.25, -0.2) is 0 Å². The van der Waals surface area contributed by atoms with Gasteiger partial charge in [-0.3, -0.25) is 14.5 Å². The van der Waals surface area contributed by atoms with E-state index in [9.17, 15) is 9.59 Å². The number of hydrogen-bond acceptors (Lipinski definition) is 5. The van der Waals surface area contributed by atoms with E-state index in [1.807, 2.05) is 30.3 Å². The number of amides is 2. The van der Waals surface area contributed by atoms with Gasteiger partial charge in [0, 0.05) is 24.7 Å². The van der Waals surface area contributed by atoms with Gasteiger partial charge in [-0.2, -0.15) is 0 Å². The molecule has 1 aliphatic rings. The number of furan rings is 1. The third-order valence-corrected chi connectivity index (χ3v) is 4.69. The average Bonchev–Trinajstić information content (AvgIpc) is 3.16. The predicted molar refractivity (Wildman–Crippen MR) is 98.3 cm³/mol. The van der Waals surface area contributed by atoms with Crippen molar-refractivity contribution in [1.82, 2.24) is 4.90 Å². The Morgan fingerprint density at radius 1 is 1.25 bits per heavy atom. The van der Waals surface area contributed by atoms with Gasteiger partial charge >= 0.3 is 0 Å². The predicted octanol–water partition coefficient (Wildman–Crippen LogP) is 3.51. The third-order valence-electron chi connectivity index (χ3n) is 3.31. The SMILES string of the molecule is O=C(CCN1C(=O)C(=Cc2ccco2)SC1=S)Nc1ccccc1. The lowest BCUT2D eigenvalue weighted by atomic mass is 10.3. The number of nitrogens with one attached hydrogen (secondary N) is 1. The summed E-state index contributed by atoms with van der Waals surface area (Å²) in [5, 5.41) is 2.79. The van der Waals surface area contributed by atoms with Crippen LogP contribution in [0.25, 0.3) is 6.08 Å². The molecule has 5 nitrogen and oxygen atoms in total. The van der Waals surface area contributed by atoms with E-state index >= 15 is 0 Å². The Bertz CT molecular complexity index is 785. The topological polar surface area (TPSA) is 62.6 Å². The summed E-state index contributed by atoms with van der Waals surface area (Å²) in [6.07, 6.45) is 3.37. The van der Waals surface area contributed by atoms with Gasteiger partial charge in [-0.05, 0) is 24.3 Å². The van der Waals surface area contributed by atoms with Crippen molar-refractivity contribution < 1.29 is 14.0 Å². The van der Waals surface area contributed by atoms with Gasteiger partial charge in [0.25, 0.3) is 5.91 Å². The molecular formula is C17H14N2O3S2. The van der Waals surface area contributed by atoms with Gasteiger partial charge in [0.2, 0.25) is 5.91 Å². The molecule has 1 aromatic carbocycles. The van der Waals surface area contributed by atoms with Gasteiger partial charge in [-0.1, -0.05) is 42.2 Å². The highest BCUT2D eigenvalue weighted by Gasteiger charge is 2.32. The maximum atomic E-state index is 12.4. The molecule has 1 aliphatic heterocycles. The van der Waals surface area contributed by atoms with E-state index in [0.717, 1.165) is 5.69 Å². The molecule has 3 rings (SSSR count). The highest BCUT2D eigenvalue weighted by molar-refractivity contribution is 8.26. The van der Waals surface area contributed by atoms with Crippen LogP contribution in [-0.2, 0) is 9.59 Å². The first-order valence-electron chi connectivity index (χ1n) is 7.27. The van der Waals surface area contributed by atoms with E-state index in [2.05, 4.69) is 5.32 Å². The van der Waals surface area contributed by atoms with Crippen LogP contribution < -0.4 is 5.32 Å². The molecule has 7 heteroatoms. The summed E-state index contributed by atoms with van der Waals surface area (Å²) >= 11 is 6.45. The Morgan fingerprint density at radius 3 is 2.75 bits per heavy atom. The number of thiocarbonyl (C=S) groups is 1. The molecular weight excluding hydrogens is 344 g/mol. The first kappa shape index (κ1) is 16.5. The zero-order valence-electron chi connectivity index (χ0n) is 12.6. The van der Waals surface area contributed by atoms with Gasteiger partial charge in [-0.15, -0.1) is 0 Å². The molecule has 0 bridgehead atoms. The van der Waals surface area contributed by atoms with Gasteiger partial charge in [0.05, 0.1) is 11.2 Å². The third kappa shape index (κ3) is 3.93. The highest BCUT2D eigenvalue weighted by Crippen LogP contribution is 2.32. The molecule has 1 fully saturated rings. The molecule has 122 valence electrons. The summed E-state index contributed by atoms with van der Waals surface area (Å²) in [4.78, 5) is 26.3. The fourth-order valence-electron chi connectivity index (χ4n) is 2.15. The Balaban J connectivity index is 1.58. The average molecular weight is 358 g/mol. The first-order valence-corrected chi connectivity index (χ1v) is 8.50. The zero-order chi connectivity index (χ0) is 16.9. The molecule has 2 aromatic rings. The van der Waals surface area contributed by atoms with Crippen molar-refractivity contribution in [3.63, 3.8) is 0 Å². The van der Waals surface area contributed by atoms with Crippen molar-refractivity contribution in [1.29, 1.82) is 0 Å². The lowest BCUT2D eigenvalue weighted by molar-refractivity contribution is -0.122. The standard InChI is InChI=1S/C17H14N2O3S2/c20-15(18-12-5-2-1-3-6-12)8-9-19-16(21)14(24-17(19)23)11-13-7-4-10-22-13/h1-7,10-11H,8-9H2,(H,18,20). The number of benzene rings is 1. The van der Waals surface area contributed by atoms with E-state index in [0.29, 0.717) is 15.0 Å². The smallest absolute Gasteiger partial charge is 0.266 e. The van der Waals surface area contributed by atoms with Crippen LogP contribution in [0.15, 0.2) is 58.1 Å². The molecule has 0 unspecified atom stereocenters. The zero-order valence-corrected chi connectivity index (χ0v) is 14.2. The maximum Gasteiger partial charge on any atom is 0.266 e. The number of anilines is 1. The minimum atomic E-state index is -0.200. The lowest BCUT2D eigenvalue weighted by Crippen LogP contribution is -2.31. The molecule has 2 heterocycles. The molecule has 1 aromatic heterocycles. The first-order chi connectivity index (χ1) is 11.6. The summed E-state index contributed by atoms with van der Waals surface area (Å²) in [6.45, 7) is 0.249. The monoisotopic (exact) mass is 358 g/mol. The second-order valence-electron chi connectivity index (χ2n) is 5.01. The van der Waals surface area contributed by atoms with E-state index in [1.165, 1.54) is 16.7 Å². The van der Waals surface area contributed by atoms with Crippen LogP contribution >= 0.6 is 24.0 Å².